The number of hydrogen-bond acceptors (Lipinski definition) is 5. The average Bonchev–Trinajstić information content (AvgIpc) is 2.46. The van der Waals surface area contributed by atoms with Gasteiger partial charge < -0.3 is 15.2 Å². The van der Waals surface area contributed by atoms with Crippen LogP contribution in [0, 0.1) is 0 Å². The summed E-state index contributed by atoms with van der Waals surface area (Å²) in [6.45, 7) is 10.8. The molecule has 0 saturated carbocycles. The van der Waals surface area contributed by atoms with Gasteiger partial charge in [0.05, 0.1) is 6.61 Å². The van der Waals surface area contributed by atoms with Gasteiger partial charge in [-0.15, -0.1) is 0 Å². The Hall–Kier alpha value is -1.75. The van der Waals surface area contributed by atoms with E-state index in [2.05, 4.69) is 18.7 Å². The average molecular weight is 294 g/mol. The quantitative estimate of drug-likeness (QED) is 0.589. The number of esters is 1. The van der Waals surface area contributed by atoms with E-state index in [4.69, 9.17) is 15.2 Å². The number of nitrogen functional groups attached to an aromatic ring is 1. The van der Waals surface area contributed by atoms with Crippen molar-refractivity contribution < 1.29 is 14.3 Å². The zero-order chi connectivity index (χ0) is 15.8. The number of carbonyl (C=O) groups excluding carboxylic acids is 1. The van der Waals surface area contributed by atoms with Gasteiger partial charge in [-0.25, -0.2) is 4.79 Å². The molecule has 0 radical (unpaired) electrons. The van der Waals surface area contributed by atoms with Crippen molar-refractivity contribution in [3.63, 3.8) is 0 Å². The van der Waals surface area contributed by atoms with Crippen molar-refractivity contribution >= 4 is 11.7 Å². The van der Waals surface area contributed by atoms with Gasteiger partial charge in [0.15, 0.2) is 0 Å². The third-order valence-corrected chi connectivity index (χ3v) is 3.42. The van der Waals surface area contributed by atoms with E-state index in [0.29, 0.717) is 30.2 Å². The number of nitrogens with zero attached hydrogens (tertiary/aromatic N) is 1. The summed E-state index contributed by atoms with van der Waals surface area (Å²) >= 11 is 0. The number of hydrogen-bond donors (Lipinski definition) is 1. The molecule has 0 heterocycles. The number of ether oxygens (including phenoxy) is 2. The van der Waals surface area contributed by atoms with Crippen LogP contribution in [0.25, 0.3) is 0 Å². The van der Waals surface area contributed by atoms with Crippen LogP contribution in [0.4, 0.5) is 5.69 Å². The SMILES string of the molecule is CCOc1cc(N)ccc1C(=O)OC[C@H](C)N(CC)CC. The molecule has 0 unspecified atom stereocenters. The molecule has 1 aromatic rings. The molecule has 21 heavy (non-hydrogen) atoms. The summed E-state index contributed by atoms with van der Waals surface area (Å²) < 4.78 is 10.8. The lowest BCUT2D eigenvalue weighted by molar-refractivity contribution is 0.0377. The summed E-state index contributed by atoms with van der Waals surface area (Å²) in [5.74, 6) is 0.0930. The zero-order valence-electron chi connectivity index (χ0n) is 13.4. The second kappa shape index (κ2) is 8.52. The Kier molecular flexibility index (Phi) is 7.02. The van der Waals surface area contributed by atoms with Crippen molar-refractivity contribution in [2.75, 3.05) is 32.0 Å². The maximum atomic E-state index is 12.2. The summed E-state index contributed by atoms with van der Waals surface area (Å²) in [5, 5.41) is 0. The molecule has 1 aromatic carbocycles. The molecular weight excluding hydrogens is 268 g/mol. The molecule has 2 N–H and O–H groups in total. The second-order valence-corrected chi connectivity index (χ2v) is 4.86. The molecule has 0 aliphatic carbocycles. The Morgan fingerprint density at radius 3 is 2.52 bits per heavy atom. The van der Waals surface area contributed by atoms with E-state index < -0.39 is 0 Å². The lowest BCUT2D eigenvalue weighted by Crippen LogP contribution is -2.36. The lowest BCUT2D eigenvalue weighted by Gasteiger charge is -2.25. The van der Waals surface area contributed by atoms with E-state index >= 15 is 0 Å². The van der Waals surface area contributed by atoms with Crippen LogP contribution < -0.4 is 10.5 Å². The molecule has 0 aliphatic heterocycles. The van der Waals surface area contributed by atoms with Crippen molar-refractivity contribution in [3.05, 3.63) is 23.8 Å². The van der Waals surface area contributed by atoms with E-state index in [1.165, 1.54) is 0 Å². The molecule has 5 heteroatoms. The topological polar surface area (TPSA) is 64.8 Å². The third kappa shape index (κ3) is 4.93. The molecule has 0 aliphatic rings. The van der Waals surface area contributed by atoms with Gasteiger partial charge in [0.1, 0.15) is 17.9 Å². The van der Waals surface area contributed by atoms with Crippen LogP contribution in [0.15, 0.2) is 18.2 Å². The lowest BCUT2D eigenvalue weighted by atomic mass is 10.2. The van der Waals surface area contributed by atoms with E-state index in [-0.39, 0.29) is 12.0 Å². The van der Waals surface area contributed by atoms with Gasteiger partial charge in [0.2, 0.25) is 0 Å². The van der Waals surface area contributed by atoms with Gasteiger partial charge >= 0.3 is 5.97 Å². The molecule has 1 rings (SSSR count). The fourth-order valence-electron chi connectivity index (χ4n) is 2.21. The number of rotatable bonds is 8. The van der Waals surface area contributed by atoms with Crippen LogP contribution in [0.3, 0.4) is 0 Å². The third-order valence-electron chi connectivity index (χ3n) is 3.42. The molecule has 1 atom stereocenters. The summed E-state index contributed by atoms with van der Waals surface area (Å²) in [6.07, 6.45) is 0. The second-order valence-electron chi connectivity index (χ2n) is 4.86. The van der Waals surface area contributed by atoms with Crippen molar-refractivity contribution in [1.29, 1.82) is 0 Å². The minimum Gasteiger partial charge on any atom is -0.493 e. The smallest absolute Gasteiger partial charge is 0.341 e. The highest BCUT2D eigenvalue weighted by atomic mass is 16.5. The predicted octanol–water partition coefficient (Wildman–Crippen LogP) is 2.55. The number of benzene rings is 1. The number of likely N-dealkylation sites (N-methyl/N-ethyl adjacent to an activating group) is 1. The van der Waals surface area contributed by atoms with Crippen LogP contribution in [0.5, 0.6) is 5.75 Å². The Morgan fingerprint density at radius 2 is 1.95 bits per heavy atom. The van der Waals surface area contributed by atoms with E-state index in [1.54, 1.807) is 18.2 Å². The Morgan fingerprint density at radius 1 is 1.29 bits per heavy atom. The van der Waals surface area contributed by atoms with Crippen LogP contribution >= 0.6 is 0 Å². The van der Waals surface area contributed by atoms with Crippen LogP contribution in [0.2, 0.25) is 0 Å². The molecule has 5 nitrogen and oxygen atoms in total. The highest BCUT2D eigenvalue weighted by Gasteiger charge is 2.17. The molecule has 0 saturated heterocycles. The highest BCUT2D eigenvalue weighted by molar-refractivity contribution is 5.93. The maximum absolute atomic E-state index is 12.2. The number of nitrogens with two attached hydrogens (primary N) is 1. The molecule has 0 bridgehead atoms. The predicted molar refractivity (Wildman–Crippen MR) is 84.7 cm³/mol. The van der Waals surface area contributed by atoms with Crippen molar-refractivity contribution in [1.82, 2.24) is 4.90 Å². The molecule has 0 fully saturated rings. The first-order valence-corrected chi connectivity index (χ1v) is 7.46. The van der Waals surface area contributed by atoms with Gasteiger partial charge in [-0.2, -0.15) is 0 Å². The highest BCUT2D eigenvalue weighted by Crippen LogP contribution is 2.23. The molecule has 0 aromatic heterocycles. The molecular formula is C16H26N2O3. The van der Waals surface area contributed by atoms with Gasteiger partial charge in [-0.1, -0.05) is 13.8 Å². The first kappa shape index (κ1) is 17.3. The van der Waals surface area contributed by atoms with E-state index in [1.807, 2.05) is 13.8 Å². The van der Waals surface area contributed by atoms with Gasteiger partial charge in [0, 0.05) is 17.8 Å². The van der Waals surface area contributed by atoms with E-state index in [9.17, 15) is 4.79 Å². The van der Waals surface area contributed by atoms with Gasteiger partial charge in [-0.05, 0) is 39.1 Å². The summed E-state index contributed by atoms with van der Waals surface area (Å²) in [5.41, 5.74) is 6.69. The number of carbonyl (C=O) groups is 1. The Bertz CT molecular complexity index is 459. The monoisotopic (exact) mass is 294 g/mol. The van der Waals surface area contributed by atoms with Crippen molar-refractivity contribution in [3.8, 4) is 5.75 Å². The van der Waals surface area contributed by atoms with Crippen LogP contribution in [0.1, 0.15) is 38.1 Å². The molecule has 118 valence electrons. The van der Waals surface area contributed by atoms with E-state index in [0.717, 1.165) is 13.1 Å². The fourth-order valence-corrected chi connectivity index (χ4v) is 2.21. The molecule has 0 amide bonds. The standard InChI is InChI=1S/C16H26N2O3/c1-5-18(6-2)12(4)11-21-16(19)14-9-8-13(17)10-15(14)20-7-3/h8-10,12H,5-7,11,17H2,1-4H3/t12-/m0/s1. The minimum atomic E-state index is -0.377. The molecule has 0 spiro atoms. The largest absolute Gasteiger partial charge is 0.493 e. The first-order valence-electron chi connectivity index (χ1n) is 7.46. The zero-order valence-corrected chi connectivity index (χ0v) is 13.4. The Balaban J connectivity index is 2.71. The first-order chi connectivity index (χ1) is 10.0. The maximum Gasteiger partial charge on any atom is 0.341 e. The van der Waals surface area contributed by atoms with Crippen LogP contribution in [-0.2, 0) is 4.74 Å². The van der Waals surface area contributed by atoms with Crippen molar-refractivity contribution in [2.24, 2.45) is 0 Å². The number of anilines is 1. The summed E-state index contributed by atoms with van der Waals surface area (Å²) in [7, 11) is 0. The van der Waals surface area contributed by atoms with Crippen molar-refractivity contribution in [2.45, 2.75) is 33.7 Å². The minimum absolute atomic E-state index is 0.188. The van der Waals surface area contributed by atoms with Gasteiger partial charge in [-0.3, -0.25) is 4.90 Å². The Labute approximate surface area is 127 Å². The van der Waals surface area contributed by atoms with Crippen LogP contribution in [-0.4, -0.2) is 43.2 Å². The fraction of sp³-hybridized carbons (Fsp3) is 0.562. The normalized spacial score (nSPS) is 12.2. The summed E-state index contributed by atoms with van der Waals surface area (Å²) in [4.78, 5) is 14.4. The van der Waals surface area contributed by atoms with Gasteiger partial charge in [0.25, 0.3) is 0 Å². The summed E-state index contributed by atoms with van der Waals surface area (Å²) in [6, 6.07) is 5.15.